The van der Waals surface area contributed by atoms with Gasteiger partial charge in [0.2, 0.25) is 0 Å². The summed E-state index contributed by atoms with van der Waals surface area (Å²) < 4.78 is 15.7. The van der Waals surface area contributed by atoms with Gasteiger partial charge in [-0.05, 0) is 111 Å². The molecule has 0 atom stereocenters. The molecular formula is C49H50N12O7. The zero-order valence-electron chi connectivity index (χ0n) is 36.8. The van der Waals surface area contributed by atoms with Gasteiger partial charge in [-0.2, -0.15) is 10.2 Å². The summed E-state index contributed by atoms with van der Waals surface area (Å²) in [5, 5.41) is 40.9. The monoisotopic (exact) mass is 918 g/mol. The molecular weight excluding hydrogens is 869 g/mol. The maximum atomic E-state index is 10.7. The molecule has 10 rings (SSSR count). The van der Waals surface area contributed by atoms with E-state index in [4.69, 9.17) is 47.1 Å². The highest BCUT2D eigenvalue weighted by Crippen LogP contribution is 2.40. The summed E-state index contributed by atoms with van der Waals surface area (Å²) in [6.07, 6.45) is 7.70. The molecule has 0 unspecified atom stereocenters. The number of anilines is 2. The highest BCUT2D eigenvalue weighted by Gasteiger charge is 2.35. The Morgan fingerprint density at radius 3 is 1.43 bits per heavy atom. The highest BCUT2D eigenvalue weighted by molar-refractivity contribution is 5.99. The molecule has 1 saturated heterocycles. The smallest absolute Gasteiger partial charge is 0.328 e. The predicted octanol–water partition coefficient (Wildman–Crippen LogP) is 6.79. The molecule has 0 bridgehead atoms. The topological polar surface area (TPSA) is 291 Å². The van der Waals surface area contributed by atoms with E-state index in [2.05, 4.69) is 25.3 Å². The number of hydrogen-bond acceptors (Lipinski definition) is 15. The van der Waals surface area contributed by atoms with Gasteiger partial charge in [-0.15, -0.1) is 0 Å². The van der Waals surface area contributed by atoms with Crippen LogP contribution >= 0.6 is 0 Å². The number of carbonyl (C=O) groups is 2. The molecule has 5 heterocycles. The molecule has 2 fully saturated rings. The van der Waals surface area contributed by atoms with E-state index in [0.29, 0.717) is 49.6 Å². The van der Waals surface area contributed by atoms with Crippen molar-refractivity contribution < 1.29 is 34.4 Å². The number of carboxylic acid groups (broad SMARTS) is 2. The molecule has 19 nitrogen and oxygen atoms in total. The molecule has 19 heteroatoms. The van der Waals surface area contributed by atoms with Crippen LogP contribution in [0.3, 0.4) is 0 Å². The standard InChI is InChI=1S/C25H28N6O2.C20H18N6O.C4H4O4/c26-15-14-25(32)12-10-18(11-13-25)31-24-21(23(27)28-16-29-24)22(30-31)17-6-8-20(9-7-17)33-19-4-2-1-3-5-19;21-19-17-18(25-26(14-10-22-11-14)20(17)24-12-23-19)13-6-8-16(9-7-13)27-15-4-2-1-3-5-15;5-3(6)1-2-4(7)8/h1-9,16,18,32H,10-15,26H2,(H2,27,28,29);1-9,12,14,22H,10-11H2,(H2,21,23,24);1-2H,(H,5,6)(H,7,8)/b;;2-1-/t18-,25+;;. The minimum atomic E-state index is -1.26. The molecule has 0 spiro atoms. The third kappa shape index (κ3) is 10.9. The number of nitrogens with one attached hydrogen (secondary N) is 1. The molecule has 348 valence electrons. The molecule has 0 amide bonds. The molecule has 1 saturated carbocycles. The first-order valence-electron chi connectivity index (χ1n) is 21.9. The van der Waals surface area contributed by atoms with Crippen LogP contribution in [-0.2, 0) is 9.59 Å². The van der Waals surface area contributed by atoms with E-state index in [1.165, 1.54) is 12.7 Å². The van der Waals surface area contributed by atoms with Crippen LogP contribution in [0.5, 0.6) is 23.0 Å². The van der Waals surface area contributed by atoms with Crippen molar-refractivity contribution in [3.63, 3.8) is 0 Å². The lowest BCUT2D eigenvalue weighted by atomic mass is 9.80. The van der Waals surface area contributed by atoms with Gasteiger partial charge in [0.05, 0.1) is 28.5 Å². The van der Waals surface area contributed by atoms with Crippen LogP contribution in [0.1, 0.15) is 44.2 Å². The fourth-order valence-corrected chi connectivity index (χ4v) is 8.01. The highest BCUT2D eigenvalue weighted by atomic mass is 16.5. The Balaban J connectivity index is 0.000000161. The first-order chi connectivity index (χ1) is 33.0. The Hall–Kier alpha value is -8.26. The van der Waals surface area contributed by atoms with Crippen LogP contribution in [0.25, 0.3) is 44.6 Å². The molecule has 4 aromatic heterocycles. The number of nitrogens with two attached hydrogens (primary N) is 3. The molecule has 1 aliphatic heterocycles. The minimum absolute atomic E-state index is 0.134. The number of nitrogen functional groups attached to an aromatic ring is 2. The van der Waals surface area contributed by atoms with Crippen molar-refractivity contribution in [1.82, 2.24) is 44.8 Å². The van der Waals surface area contributed by atoms with E-state index in [-0.39, 0.29) is 12.1 Å². The summed E-state index contributed by atoms with van der Waals surface area (Å²) >= 11 is 0. The molecule has 1 aliphatic carbocycles. The number of rotatable bonds is 12. The van der Waals surface area contributed by atoms with Crippen molar-refractivity contribution in [3.8, 4) is 45.5 Å². The number of para-hydroxylation sites is 2. The van der Waals surface area contributed by atoms with E-state index in [9.17, 15) is 14.7 Å². The Morgan fingerprint density at radius 2 is 1.04 bits per heavy atom. The lowest BCUT2D eigenvalue weighted by Crippen LogP contribution is -2.43. The summed E-state index contributed by atoms with van der Waals surface area (Å²) in [7, 11) is 0. The number of fused-ring (bicyclic) bond motifs is 2. The normalized spacial score (nSPS) is 16.8. The van der Waals surface area contributed by atoms with E-state index >= 15 is 0 Å². The number of benzene rings is 4. The molecule has 10 N–H and O–H groups in total. The average molecular weight is 919 g/mol. The van der Waals surface area contributed by atoms with E-state index in [1.54, 1.807) is 0 Å². The second kappa shape index (κ2) is 20.9. The molecule has 4 aromatic carbocycles. The third-order valence-electron chi connectivity index (χ3n) is 11.6. The van der Waals surface area contributed by atoms with Gasteiger partial charge in [0, 0.05) is 36.4 Å². The van der Waals surface area contributed by atoms with Crippen LogP contribution < -0.4 is 32.0 Å². The minimum Gasteiger partial charge on any atom is -0.478 e. The number of carboxylic acids is 2. The zero-order chi connectivity index (χ0) is 47.6. The lowest BCUT2D eigenvalue weighted by Gasteiger charge is -2.36. The Kier molecular flexibility index (Phi) is 14.2. The lowest BCUT2D eigenvalue weighted by molar-refractivity contribution is -0.134. The fraction of sp³-hybridized carbons (Fsp3) is 0.224. The van der Waals surface area contributed by atoms with Crippen LogP contribution in [0, 0.1) is 0 Å². The van der Waals surface area contributed by atoms with E-state index < -0.39 is 17.5 Å². The van der Waals surface area contributed by atoms with Crippen LogP contribution in [-0.4, -0.2) is 92.0 Å². The Morgan fingerprint density at radius 1 is 0.632 bits per heavy atom. The maximum absolute atomic E-state index is 10.7. The largest absolute Gasteiger partial charge is 0.478 e. The van der Waals surface area contributed by atoms with Crippen LogP contribution in [0.2, 0.25) is 0 Å². The van der Waals surface area contributed by atoms with Gasteiger partial charge < -0.3 is 47.3 Å². The van der Waals surface area contributed by atoms with Gasteiger partial charge in [-0.3, -0.25) is 0 Å². The SMILES string of the molecule is NCC[C@]1(O)CC[C@@H](n2nc(-c3ccc(Oc4ccccc4)cc3)c3c(N)ncnc32)CC1.Nc1ncnc2c1c(-c1ccc(Oc3ccccc3)cc1)nn2C1CNC1.O=C(O)/C=C\C(=O)O. The van der Waals surface area contributed by atoms with Gasteiger partial charge in [0.1, 0.15) is 58.7 Å². The second-order valence-corrected chi connectivity index (χ2v) is 16.2. The van der Waals surface area contributed by atoms with Gasteiger partial charge in [0.15, 0.2) is 11.3 Å². The van der Waals surface area contributed by atoms with Crippen molar-refractivity contribution in [2.24, 2.45) is 5.73 Å². The number of hydrogen-bond donors (Lipinski definition) is 7. The van der Waals surface area contributed by atoms with Crippen LogP contribution in [0.15, 0.2) is 134 Å². The summed E-state index contributed by atoms with van der Waals surface area (Å²) in [4.78, 5) is 36.4. The predicted molar refractivity (Wildman–Crippen MR) is 256 cm³/mol. The third-order valence-corrected chi connectivity index (χ3v) is 11.6. The van der Waals surface area contributed by atoms with Crippen LogP contribution in [0.4, 0.5) is 11.6 Å². The summed E-state index contributed by atoms with van der Waals surface area (Å²) in [5.74, 6) is 1.42. The van der Waals surface area contributed by atoms with Crippen molar-refractivity contribution in [2.75, 3.05) is 31.1 Å². The summed E-state index contributed by atoms with van der Waals surface area (Å²) in [6.45, 7) is 2.25. The van der Waals surface area contributed by atoms with Crippen molar-refractivity contribution in [1.29, 1.82) is 0 Å². The molecule has 2 aliphatic rings. The fourth-order valence-electron chi connectivity index (χ4n) is 8.01. The summed E-state index contributed by atoms with van der Waals surface area (Å²) in [6, 6.07) is 35.4. The molecule has 0 radical (unpaired) electrons. The van der Waals surface area contributed by atoms with Crippen molar-refractivity contribution in [3.05, 3.63) is 134 Å². The van der Waals surface area contributed by atoms with Gasteiger partial charge in [-0.1, -0.05) is 36.4 Å². The van der Waals surface area contributed by atoms with E-state index in [1.807, 2.05) is 119 Å². The number of aliphatic hydroxyl groups is 1. The number of nitrogens with zero attached hydrogens (tertiary/aromatic N) is 8. The van der Waals surface area contributed by atoms with Crippen molar-refractivity contribution >= 4 is 45.6 Å². The van der Waals surface area contributed by atoms with E-state index in [0.717, 1.165) is 93.5 Å². The van der Waals surface area contributed by atoms with Gasteiger partial charge in [0.25, 0.3) is 0 Å². The Labute approximate surface area is 389 Å². The maximum Gasteiger partial charge on any atom is 0.328 e. The zero-order valence-corrected chi connectivity index (χ0v) is 36.8. The number of aromatic nitrogens is 8. The van der Waals surface area contributed by atoms with Gasteiger partial charge in [-0.25, -0.2) is 38.9 Å². The molecule has 68 heavy (non-hydrogen) atoms. The first kappa shape index (κ1) is 46.3. The van der Waals surface area contributed by atoms with Crippen molar-refractivity contribution in [2.45, 2.75) is 49.8 Å². The summed E-state index contributed by atoms with van der Waals surface area (Å²) in [5.41, 5.74) is 22.3. The molecule has 8 aromatic rings. The average Bonchev–Trinajstić information content (AvgIpc) is 3.91. The Bertz CT molecular complexity index is 2990. The van der Waals surface area contributed by atoms with Gasteiger partial charge >= 0.3 is 11.9 Å². The number of ether oxygens (including phenoxy) is 2. The quantitative estimate of drug-likeness (QED) is 0.0621. The second-order valence-electron chi connectivity index (χ2n) is 16.2. The first-order valence-corrected chi connectivity index (χ1v) is 21.9. The number of aliphatic carboxylic acids is 2.